The van der Waals surface area contributed by atoms with Gasteiger partial charge in [-0.2, -0.15) is 0 Å². The summed E-state index contributed by atoms with van der Waals surface area (Å²) in [6.07, 6.45) is 0.317. The maximum Gasteiger partial charge on any atom is 0.329 e. The fraction of sp³-hybridized carbons (Fsp3) is 0.467. The van der Waals surface area contributed by atoms with Gasteiger partial charge in [0.2, 0.25) is 11.8 Å². The molecule has 12 nitrogen and oxygen atoms in total. The van der Waals surface area contributed by atoms with Gasteiger partial charge in [0, 0.05) is 18.8 Å². The molecule has 0 unspecified atom stereocenters. The first-order chi connectivity index (χ1) is 20.1. The Morgan fingerprint density at radius 3 is 2.26 bits per heavy atom. The van der Waals surface area contributed by atoms with Crippen molar-refractivity contribution in [2.75, 3.05) is 46.6 Å². The van der Waals surface area contributed by atoms with Crippen molar-refractivity contribution in [2.24, 2.45) is 0 Å². The number of aryl methyl sites for hydroxylation is 1. The minimum Gasteiger partial charge on any atom is -0.497 e. The van der Waals surface area contributed by atoms with E-state index in [1.54, 1.807) is 19.0 Å². The third-order valence-electron chi connectivity index (χ3n) is 6.72. The van der Waals surface area contributed by atoms with E-state index in [1.165, 1.54) is 12.5 Å². The van der Waals surface area contributed by atoms with Gasteiger partial charge in [0.25, 0.3) is 0 Å². The molecule has 2 aromatic rings. The highest BCUT2D eigenvalue weighted by Gasteiger charge is 2.50. The Kier molecular flexibility index (Phi) is 12.3. The van der Waals surface area contributed by atoms with Crippen LogP contribution in [0.1, 0.15) is 30.7 Å². The Labute approximate surface area is 252 Å². The number of carbonyl (C=O) groups excluding carboxylic acids is 4. The van der Waals surface area contributed by atoms with Crippen LogP contribution in [-0.4, -0.2) is 92.9 Å². The molecular weight excluding hydrogens is 542 g/mol. The Morgan fingerprint density at radius 1 is 1.02 bits per heavy atom. The van der Waals surface area contributed by atoms with Crippen molar-refractivity contribution in [3.8, 4) is 5.75 Å². The number of methoxy groups -OCH3 is 1. The normalized spacial score (nSPS) is 19.1. The number of ether oxygens (including phenoxy) is 3. The molecule has 0 bridgehead atoms. The molecule has 4 N–H and O–H groups in total. The summed E-state index contributed by atoms with van der Waals surface area (Å²) < 4.78 is 15.4. The predicted molar refractivity (Wildman–Crippen MR) is 164 cm³/mol. The first kappa shape index (κ1) is 32.5. The van der Waals surface area contributed by atoms with Crippen LogP contribution in [0, 0.1) is 6.92 Å². The van der Waals surface area contributed by atoms with E-state index in [1.807, 2.05) is 54.6 Å². The zero-order valence-corrected chi connectivity index (χ0v) is 24.6. The largest absolute Gasteiger partial charge is 0.497 e. The molecule has 2 aromatic carbocycles. The number of urea groups is 1. The highest BCUT2D eigenvalue weighted by Crippen LogP contribution is 2.29. The van der Waals surface area contributed by atoms with Crippen LogP contribution in [0.3, 0.4) is 0 Å². The second kappa shape index (κ2) is 15.9. The Bertz CT molecular complexity index is 1200. The number of ketones is 1. The lowest BCUT2D eigenvalue weighted by Gasteiger charge is -2.27. The molecule has 4 amide bonds. The number of benzene rings is 2. The molecule has 0 aliphatic carbocycles. The predicted octanol–water partition coefficient (Wildman–Crippen LogP) is 2.11. The summed E-state index contributed by atoms with van der Waals surface area (Å²) in [6, 6.07) is 15.1. The lowest BCUT2D eigenvalue weighted by molar-refractivity contribution is -0.131. The van der Waals surface area contributed by atoms with Crippen molar-refractivity contribution in [1.82, 2.24) is 26.4 Å². The molecule has 2 aliphatic heterocycles. The molecule has 12 heteroatoms. The van der Waals surface area contributed by atoms with Crippen LogP contribution in [0.5, 0.6) is 5.75 Å². The number of hydrogen-bond acceptors (Lipinski definition) is 8. The van der Waals surface area contributed by atoms with Crippen LogP contribution in [0.2, 0.25) is 0 Å². The topological polar surface area (TPSA) is 151 Å². The van der Waals surface area contributed by atoms with Crippen LogP contribution in [0.4, 0.5) is 4.79 Å². The summed E-state index contributed by atoms with van der Waals surface area (Å²) in [7, 11) is 1.67. The lowest BCUT2D eigenvalue weighted by atomic mass is 9.95. The molecule has 0 radical (unpaired) electrons. The minimum absolute atomic E-state index is 0. The van der Waals surface area contributed by atoms with Crippen molar-refractivity contribution in [2.45, 2.75) is 44.9 Å². The fourth-order valence-electron chi connectivity index (χ4n) is 4.03. The summed E-state index contributed by atoms with van der Waals surface area (Å²) in [5.74, 6) is -0.320. The standard InChI is InChI=1S/C22H31N5O6.C8H10O.4H2/c1-15(24-21(31)26-27-8-10-32-11-9-27)20(30)23-13-18(28)25-17(19(29)22(2)14-33-22)12-16-6-4-3-5-7-16;1-7-3-5-8(9-2)6-4-7;;;;/h3-7,15,17H,8-14H2,1-2H3,(H,23,30)(H,25,28)(H2,24,26,31);3-6H,1-2H3;4*1H/t15-,17-,22+;;;;;/m0...../s1. The summed E-state index contributed by atoms with van der Waals surface area (Å²) >= 11 is 0. The number of hydrazine groups is 1. The summed E-state index contributed by atoms with van der Waals surface area (Å²) in [5.41, 5.74) is 3.92. The number of Topliss-reactive ketones (excluding diaryl/α,β-unsaturated/α-hetero) is 1. The molecule has 0 aromatic heterocycles. The van der Waals surface area contributed by atoms with E-state index >= 15 is 0 Å². The molecular formula is C30H49N5O7. The van der Waals surface area contributed by atoms with Crippen molar-refractivity contribution in [1.29, 1.82) is 0 Å². The molecule has 236 valence electrons. The van der Waals surface area contributed by atoms with E-state index in [0.29, 0.717) is 39.3 Å². The average molecular weight is 592 g/mol. The quantitative estimate of drug-likeness (QED) is 0.290. The smallest absolute Gasteiger partial charge is 0.329 e. The number of hydrogen-bond donors (Lipinski definition) is 4. The Morgan fingerprint density at radius 2 is 1.67 bits per heavy atom. The summed E-state index contributed by atoms with van der Waals surface area (Å²) in [5, 5.41) is 9.41. The SMILES string of the molecule is COc1ccc(C)cc1.C[C@H](NC(=O)NN1CCOCC1)C(=O)NCC(=O)N[C@@H](Cc1ccccc1)C(=O)[C@@]1(C)CO1.[HH].[HH].[HH].[HH]. The Hall–Kier alpha value is -4.00. The summed E-state index contributed by atoms with van der Waals surface area (Å²) in [4.78, 5) is 49.6. The van der Waals surface area contributed by atoms with E-state index in [0.717, 1.165) is 11.3 Å². The fourth-order valence-corrected chi connectivity index (χ4v) is 4.03. The van der Waals surface area contributed by atoms with Crippen LogP contribution in [-0.2, 0) is 30.3 Å². The van der Waals surface area contributed by atoms with Gasteiger partial charge >= 0.3 is 6.03 Å². The zero-order valence-electron chi connectivity index (χ0n) is 24.6. The van der Waals surface area contributed by atoms with Gasteiger partial charge in [0.1, 0.15) is 17.4 Å². The molecule has 3 atom stereocenters. The molecule has 0 saturated carbocycles. The van der Waals surface area contributed by atoms with E-state index in [-0.39, 0.29) is 18.0 Å². The van der Waals surface area contributed by atoms with Gasteiger partial charge in [0.15, 0.2) is 5.78 Å². The average Bonchev–Trinajstić information content (AvgIpc) is 3.75. The Balaban J connectivity index is 0. The van der Waals surface area contributed by atoms with Crippen molar-refractivity contribution in [3.63, 3.8) is 0 Å². The van der Waals surface area contributed by atoms with Gasteiger partial charge in [-0.1, -0.05) is 48.0 Å². The molecule has 4 rings (SSSR count). The highest BCUT2D eigenvalue weighted by atomic mass is 16.6. The molecule has 0 spiro atoms. The number of amides is 4. The van der Waals surface area contributed by atoms with Crippen molar-refractivity contribution < 1.29 is 39.1 Å². The number of carbonyl (C=O) groups is 4. The third-order valence-corrected chi connectivity index (χ3v) is 6.72. The zero-order chi connectivity index (χ0) is 30.5. The van der Waals surface area contributed by atoms with E-state index < -0.39 is 35.5 Å². The lowest BCUT2D eigenvalue weighted by Crippen LogP contribution is -2.56. The second-order valence-corrected chi connectivity index (χ2v) is 10.3. The van der Waals surface area contributed by atoms with E-state index in [4.69, 9.17) is 14.2 Å². The van der Waals surface area contributed by atoms with Crippen molar-refractivity contribution in [3.05, 3.63) is 65.7 Å². The summed E-state index contributed by atoms with van der Waals surface area (Å²) in [6.45, 7) is 7.40. The molecule has 2 saturated heterocycles. The highest BCUT2D eigenvalue weighted by molar-refractivity contribution is 5.97. The molecule has 2 heterocycles. The number of epoxide rings is 1. The number of rotatable bonds is 11. The maximum atomic E-state index is 12.8. The maximum absolute atomic E-state index is 12.8. The first-order valence-electron chi connectivity index (χ1n) is 13.9. The monoisotopic (exact) mass is 591 g/mol. The third kappa shape index (κ3) is 10.8. The van der Waals surface area contributed by atoms with E-state index in [9.17, 15) is 19.2 Å². The molecule has 2 fully saturated rings. The van der Waals surface area contributed by atoms with Crippen LogP contribution >= 0.6 is 0 Å². The molecule has 2 aliphatic rings. The second-order valence-electron chi connectivity index (χ2n) is 10.3. The van der Waals surface area contributed by atoms with Crippen LogP contribution < -0.4 is 26.1 Å². The van der Waals surface area contributed by atoms with Gasteiger partial charge in [-0.15, -0.1) is 0 Å². The first-order valence-corrected chi connectivity index (χ1v) is 13.9. The van der Waals surface area contributed by atoms with Gasteiger partial charge in [-0.25, -0.2) is 9.80 Å². The van der Waals surface area contributed by atoms with Crippen LogP contribution in [0.15, 0.2) is 54.6 Å². The molecule has 42 heavy (non-hydrogen) atoms. The number of nitrogens with one attached hydrogen (secondary N) is 4. The number of nitrogens with zero attached hydrogens (tertiary/aromatic N) is 1. The number of morpholine rings is 1. The van der Waals surface area contributed by atoms with Crippen molar-refractivity contribution >= 4 is 23.6 Å². The van der Waals surface area contributed by atoms with E-state index in [2.05, 4.69) is 28.3 Å². The van der Waals surface area contributed by atoms with Gasteiger partial charge in [-0.3, -0.25) is 19.8 Å². The van der Waals surface area contributed by atoms with Gasteiger partial charge in [0.05, 0.1) is 39.5 Å². The van der Waals surface area contributed by atoms with Gasteiger partial charge < -0.3 is 30.2 Å². The minimum atomic E-state index is -0.887. The van der Waals surface area contributed by atoms with Crippen LogP contribution in [0.25, 0.3) is 0 Å². The van der Waals surface area contributed by atoms with Gasteiger partial charge in [-0.05, 0) is 44.9 Å².